The van der Waals surface area contributed by atoms with Gasteiger partial charge in [-0.25, -0.2) is 0 Å². The second kappa shape index (κ2) is 8.05. The van der Waals surface area contributed by atoms with Crippen molar-refractivity contribution in [1.29, 1.82) is 0 Å². The van der Waals surface area contributed by atoms with Gasteiger partial charge in [0.25, 0.3) is 0 Å². The van der Waals surface area contributed by atoms with E-state index in [1.165, 1.54) is 5.57 Å². The molecule has 0 heterocycles. The summed E-state index contributed by atoms with van der Waals surface area (Å²) in [4.78, 5) is 0. The van der Waals surface area contributed by atoms with E-state index < -0.39 is 8.07 Å². The van der Waals surface area contributed by atoms with Gasteiger partial charge in [0.1, 0.15) is 8.07 Å². The van der Waals surface area contributed by atoms with E-state index >= 15 is 0 Å². The van der Waals surface area contributed by atoms with Crippen molar-refractivity contribution in [2.75, 3.05) is 0 Å². The smallest absolute Gasteiger partial charge is 0.129 e. The molecule has 1 N–H and O–H groups in total. The maximum atomic E-state index is 10.5. The quantitative estimate of drug-likeness (QED) is 0.414. The number of rotatable bonds is 6. The van der Waals surface area contributed by atoms with Crippen molar-refractivity contribution in [3.8, 4) is 11.5 Å². The summed E-state index contributed by atoms with van der Waals surface area (Å²) >= 11 is 0. The zero-order valence-electron chi connectivity index (χ0n) is 14.8. The second-order valence-electron chi connectivity index (χ2n) is 7.94. The van der Waals surface area contributed by atoms with E-state index in [0.29, 0.717) is 5.92 Å². The molecule has 0 radical (unpaired) electrons. The molecule has 0 aromatic carbocycles. The fourth-order valence-electron chi connectivity index (χ4n) is 1.88. The Hall–Kier alpha value is -0.523. The van der Waals surface area contributed by atoms with Crippen LogP contribution in [0, 0.1) is 22.8 Å². The van der Waals surface area contributed by atoms with E-state index in [9.17, 15) is 5.11 Å². The van der Waals surface area contributed by atoms with Gasteiger partial charge in [-0.05, 0) is 52.9 Å². The molecule has 0 aliphatic carbocycles. The van der Waals surface area contributed by atoms with Gasteiger partial charge in [0.15, 0.2) is 0 Å². The Morgan fingerprint density at radius 2 is 1.80 bits per heavy atom. The molecule has 20 heavy (non-hydrogen) atoms. The van der Waals surface area contributed by atoms with E-state index in [0.717, 1.165) is 19.3 Å². The lowest BCUT2D eigenvalue weighted by atomic mass is 9.82. The van der Waals surface area contributed by atoms with Gasteiger partial charge in [-0.3, -0.25) is 0 Å². The van der Waals surface area contributed by atoms with Gasteiger partial charge in [-0.2, -0.15) is 0 Å². The van der Waals surface area contributed by atoms with Gasteiger partial charge >= 0.3 is 0 Å². The standard InChI is InChI=1S/C18H34OSi/c1-15(2)10-9-11-16(3)14-17(19)18(4,5)12-13-20(6,7)8/h10,16-17,19H,9,11,14H2,1-8H3/t16-,17+/m0/s1. The van der Waals surface area contributed by atoms with E-state index in [-0.39, 0.29) is 11.5 Å². The highest BCUT2D eigenvalue weighted by atomic mass is 28.3. The molecule has 0 spiro atoms. The highest BCUT2D eigenvalue weighted by Gasteiger charge is 2.27. The summed E-state index contributed by atoms with van der Waals surface area (Å²) in [6, 6.07) is 0. The molecule has 0 aliphatic heterocycles. The van der Waals surface area contributed by atoms with Crippen LogP contribution in [0.4, 0.5) is 0 Å². The molecule has 2 atom stereocenters. The van der Waals surface area contributed by atoms with Crippen LogP contribution < -0.4 is 0 Å². The number of allylic oxidation sites excluding steroid dienone is 2. The molecular formula is C18H34OSi. The van der Waals surface area contributed by atoms with E-state index in [1.54, 1.807) is 0 Å². The van der Waals surface area contributed by atoms with Crippen molar-refractivity contribution in [2.45, 2.75) is 79.6 Å². The maximum absolute atomic E-state index is 10.5. The zero-order valence-corrected chi connectivity index (χ0v) is 15.8. The Labute approximate surface area is 127 Å². The van der Waals surface area contributed by atoms with Crippen LogP contribution in [0.25, 0.3) is 0 Å². The Bertz CT molecular complexity index is 372. The predicted molar refractivity (Wildman–Crippen MR) is 93.4 cm³/mol. The maximum Gasteiger partial charge on any atom is 0.129 e. The third-order valence-electron chi connectivity index (χ3n) is 3.43. The first-order valence-electron chi connectivity index (χ1n) is 7.80. The first-order valence-corrected chi connectivity index (χ1v) is 11.3. The van der Waals surface area contributed by atoms with Crippen LogP contribution in [0.15, 0.2) is 11.6 Å². The number of aliphatic hydroxyl groups is 1. The minimum absolute atomic E-state index is 0.301. The molecule has 0 aromatic heterocycles. The molecule has 0 unspecified atom stereocenters. The van der Waals surface area contributed by atoms with Gasteiger partial charge in [-0.1, -0.05) is 38.2 Å². The molecule has 0 saturated heterocycles. The van der Waals surface area contributed by atoms with Crippen molar-refractivity contribution in [3.05, 3.63) is 11.6 Å². The molecule has 0 fully saturated rings. The third kappa shape index (κ3) is 9.39. The van der Waals surface area contributed by atoms with Crippen LogP contribution in [-0.2, 0) is 0 Å². The molecule has 2 heteroatoms. The lowest BCUT2D eigenvalue weighted by molar-refractivity contribution is 0.0646. The first kappa shape index (κ1) is 19.5. The normalized spacial score (nSPS) is 15.1. The molecule has 1 nitrogen and oxygen atoms in total. The summed E-state index contributed by atoms with van der Waals surface area (Å²) in [7, 11) is -1.37. The van der Waals surface area contributed by atoms with Crippen LogP contribution in [-0.4, -0.2) is 19.3 Å². The SMILES string of the molecule is CC(C)=CCC[C@H](C)C[C@@H](O)C(C)(C)C#C[Si](C)(C)C. The van der Waals surface area contributed by atoms with Crippen molar-refractivity contribution in [1.82, 2.24) is 0 Å². The van der Waals surface area contributed by atoms with E-state index in [1.807, 2.05) is 0 Å². The van der Waals surface area contributed by atoms with E-state index in [4.69, 9.17) is 0 Å². The Morgan fingerprint density at radius 3 is 2.25 bits per heavy atom. The number of hydrogen-bond donors (Lipinski definition) is 1. The average molecular weight is 295 g/mol. The fourth-order valence-corrected chi connectivity index (χ4v) is 2.58. The van der Waals surface area contributed by atoms with Crippen molar-refractivity contribution in [2.24, 2.45) is 11.3 Å². The van der Waals surface area contributed by atoms with Crippen LogP contribution in [0.5, 0.6) is 0 Å². The average Bonchev–Trinajstić information content (AvgIpc) is 2.25. The van der Waals surface area contributed by atoms with Gasteiger partial charge in [0.2, 0.25) is 0 Å². The minimum atomic E-state index is -1.37. The molecule has 0 rings (SSSR count). The Balaban J connectivity index is 4.46. The highest BCUT2D eigenvalue weighted by molar-refractivity contribution is 6.83. The summed E-state index contributed by atoms with van der Waals surface area (Å²) in [5, 5.41) is 10.5. The van der Waals surface area contributed by atoms with Gasteiger partial charge in [0.05, 0.1) is 11.5 Å². The zero-order chi connectivity index (χ0) is 16.0. The largest absolute Gasteiger partial charge is 0.392 e. The van der Waals surface area contributed by atoms with Gasteiger partial charge in [0, 0.05) is 0 Å². The highest BCUT2D eigenvalue weighted by Crippen LogP contribution is 2.26. The van der Waals surface area contributed by atoms with Crippen molar-refractivity contribution >= 4 is 8.07 Å². The van der Waals surface area contributed by atoms with Crippen LogP contribution in [0.1, 0.15) is 53.9 Å². The third-order valence-corrected chi connectivity index (χ3v) is 4.31. The van der Waals surface area contributed by atoms with Crippen molar-refractivity contribution in [3.63, 3.8) is 0 Å². The lowest BCUT2D eigenvalue weighted by Crippen LogP contribution is -2.30. The summed E-state index contributed by atoms with van der Waals surface area (Å²) in [5.41, 5.74) is 4.47. The summed E-state index contributed by atoms with van der Waals surface area (Å²) in [6.07, 6.45) is 5.02. The Kier molecular flexibility index (Phi) is 7.84. The molecule has 0 saturated carbocycles. The van der Waals surface area contributed by atoms with Crippen molar-refractivity contribution < 1.29 is 5.11 Å². The molecule has 116 valence electrons. The molecular weight excluding hydrogens is 260 g/mol. The topological polar surface area (TPSA) is 20.2 Å². The number of hydrogen-bond acceptors (Lipinski definition) is 1. The first-order chi connectivity index (χ1) is 8.94. The minimum Gasteiger partial charge on any atom is -0.392 e. The van der Waals surface area contributed by atoms with E-state index in [2.05, 4.69) is 71.8 Å². The second-order valence-corrected chi connectivity index (χ2v) is 12.7. The fraction of sp³-hybridized carbons (Fsp3) is 0.778. The number of aliphatic hydroxyl groups excluding tert-OH is 1. The predicted octanol–water partition coefficient (Wildman–Crippen LogP) is 5.03. The Morgan fingerprint density at radius 1 is 1.25 bits per heavy atom. The molecule has 0 bridgehead atoms. The summed E-state index contributed by atoms with van der Waals surface area (Å²) < 4.78 is 0. The van der Waals surface area contributed by atoms with Crippen LogP contribution >= 0.6 is 0 Å². The summed E-state index contributed by atoms with van der Waals surface area (Å²) in [5.74, 6) is 3.86. The molecule has 0 aliphatic rings. The van der Waals surface area contributed by atoms with Gasteiger partial charge < -0.3 is 5.11 Å². The lowest BCUT2D eigenvalue weighted by Gasteiger charge is -2.28. The molecule has 0 aromatic rings. The summed E-state index contributed by atoms with van der Waals surface area (Å²) in [6.45, 7) is 17.3. The van der Waals surface area contributed by atoms with Gasteiger partial charge in [-0.15, -0.1) is 11.5 Å². The molecule has 0 amide bonds. The monoisotopic (exact) mass is 294 g/mol. The van der Waals surface area contributed by atoms with Crippen LogP contribution in [0.2, 0.25) is 19.6 Å². The van der Waals surface area contributed by atoms with Crippen LogP contribution in [0.3, 0.4) is 0 Å².